The lowest BCUT2D eigenvalue weighted by molar-refractivity contribution is -0.117. The second-order valence-corrected chi connectivity index (χ2v) is 6.15. The smallest absolute Gasteiger partial charge is 0.227 e. The molecule has 0 bridgehead atoms. The van der Waals surface area contributed by atoms with Crippen LogP contribution in [-0.4, -0.2) is 44.0 Å². The summed E-state index contributed by atoms with van der Waals surface area (Å²) >= 11 is 1.80. The first-order chi connectivity index (χ1) is 10.7. The number of nitrogens with one attached hydrogen (secondary N) is 2. The number of hydrogen-bond donors (Lipinski definition) is 2. The van der Waals surface area contributed by atoms with Gasteiger partial charge in [-0.2, -0.15) is 11.8 Å². The molecule has 1 heterocycles. The van der Waals surface area contributed by atoms with Crippen molar-refractivity contribution in [2.75, 3.05) is 37.0 Å². The number of rotatable bonds is 6. The van der Waals surface area contributed by atoms with Gasteiger partial charge in [-0.25, -0.2) is 0 Å². The van der Waals surface area contributed by atoms with Gasteiger partial charge in [0.15, 0.2) is 5.96 Å². The SMILES string of the molecule is CN=C(NCCSC)NCc1ccc(N2CCCC2=O)cc1.I. The topological polar surface area (TPSA) is 56.7 Å². The molecule has 1 aliphatic heterocycles. The molecule has 1 saturated heterocycles. The Hall–Kier alpha value is -0.960. The van der Waals surface area contributed by atoms with Gasteiger partial charge in [0.25, 0.3) is 0 Å². The number of aliphatic imine (C=N–C) groups is 1. The number of carbonyl (C=O) groups excluding carboxylic acids is 1. The molecule has 1 amide bonds. The van der Waals surface area contributed by atoms with E-state index in [9.17, 15) is 4.79 Å². The summed E-state index contributed by atoms with van der Waals surface area (Å²) in [6.07, 6.45) is 3.71. The van der Waals surface area contributed by atoms with Gasteiger partial charge in [-0.05, 0) is 30.4 Å². The minimum absolute atomic E-state index is 0. The highest BCUT2D eigenvalue weighted by Crippen LogP contribution is 2.21. The standard InChI is InChI=1S/C16H24N4OS.HI/c1-17-16(18-9-11-22-2)19-12-13-5-7-14(8-6-13)20-10-3-4-15(20)21;/h5-8H,3-4,9-12H2,1-2H3,(H2,17,18,19);1H. The van der Waals surface area contributed by atoms with E-state index >= 15 is 0 Å². The fraction of sp³-hybridized carbons (Fsp3) is 0.500. The number of hydrogen-bond acceptors (Lipinski definition) is 3. The van der Waals surface area contributed by atoms with Crippen LogP contribution in [0.25, 0.3) is 0 Å². The van der Waals surface area contributed by atoms with E-state index in [1.54, 1.807) is 18.8 Å². The molecule has 0 atom stereocenters. The summed E-state index contributed by atoms with van der Waals surface area (Å²) in [4.78, 5) is 17.8. The maximum atomic E-state index is 11.7. The number of anilines is 1. The molecule has 7 heteroatoms. The summed E-state index contributed by atoms with van der Waals surface area (Å²) < 4.78 is 0. The zero-order chi connectivity index (χ0) is 15.8. The van der Waals surface area contributed by atoms with Crippen molar-refractivity contribution in [1.29, 1.82) is 0 Å². The summed E-state index contributed by atoms with van der Waals surface area (Å²) in [7, 11) is 1.77. The molecule has 0 spiro atoms. The Morgan fingerprint density at radius 1 is 1.30 bits per heavy atom. The van der Waals surface area contributed by atoms with Gasteiger partial charge in [0, 0.05) is 44.5 Å². The molecule has 2 rings (SSSR count). The second kappa shape index (κ2) is 10.7. The third kappa shape index (κ3) is 6.21. The summed E-state index contributed by atoms with van der Waals surface area (Å²) in [6, 6.07) is 8.15. The quantitative estimate of drug-likeness (QED) is 0.304. The van der Waals surface area contributed by atoms with Crippen molar-refractivity contribution in [1.82, 2.24) is 10.6 Å². The Morgan fingerprint density at radius 2 is 2.04 bits per heavy atom. The highest BCUT2D eigenvalue weighted by molar-refractivity contribution is 14.0. The fourth-order valence-electron chi connectivity index (χ4n) is 2.39. The maximum Gasteiger partial charge on any atom is 0.227 e. The van der Waals surface area contributed by atoms with Gasteiger partial charge in [0.1, 0.15) is 0 Å². The van der Waals surface area contributed by atoms with E-state index in [1.807, 2.05) is 17.0 Å². The third-order valence-electron chi connectivity index (χ3n) is 3.60. The second-order valence-electron chi connectivity index (χ2n) is 5.16. The van der Waals surface area contributed by atoms with E-state index in [4.69, 9.17) is 0 Å². The average Bonchev–Trinajstić information content (AvgIpc) is 2.97. The third-order valence-corrected chi connectivity index (χ3v) is 4.22. The fourth-order valence-corrected chi connectivity index (χ4v) is 2.70. The molecule has 1 aromatic rings. The first-order valence-corrected chi connectivity index (χ1v) is 8.96. The lowest BCUT2D eigenvalue weighted by atomic mass is 10.2. The number of nitrogens with zero attached hydrogens (tertiary/aromatic N) is 2. The number of benzene rings is 1. The molecule has 1 fully saturated rings. The lowest BCUT2D eigenvalue weighted by Gasteiger charge is -2.16. The number of guanidine groups is 1. The predicted octanol–water partition coefficient (Wildman–Crippen LogP) is 2.46. The Morgan fingerprint density at radius 3 is 2.61 bits per heavy atom. The minimum Gasteiger partial charge on any atom is -0.356 e. The number of amides is 1. The summed E-state index contributed by atoms with van der Waals surface area (Å²) in [5.74, 6) is 2.09. The van der Waals surface area contributed by atoms with Crippen LogP contribution in [0.5, 0.6) is 0 Å². The van der Waals surface area contributed by atoms with Crippen LogP contribution in [0.3, 0.4) is 0 Å². The molecule has 23 heavy (non-hydrogen) atoms. The number of halogens is 1. The first-order valence-electron chi connectivity index (χ1n) is 7.57. The van der Waals surface area contributed by atoms with Crippen LogP contribution >= 0.6 is 35.7 Å². The zero-order valence-electron chi connectivity index (χ0n) is 13.7. The Labute approximate surface area is 159 Å². The van der Waals surface area contributed by atoms with Gasteiger partial charge < -0.3 is 15.5 Å². The highest BCUT2D eigenvalue weighted by atomic mass is 127. The molecule has 0 aromatic heterocycles. The van der Waals surface area contributed by atoms with Crippen LogP contribution in [0.4, 0.5) is 5.69 Å². The van der Waals surface area contributed by atoms with Gasteiger partial charge >= 0.3 is 0 Å². The van der Waals surface area contributed by atoms with E-state index in [2.05, 4.69) is 34.0 Å². The number of carbonyl (C=O) groups is 1. The Kier molecular flexibility index (Phi) is 9.39. The van der Waals surface area contributed by atoms with Crippen molar-refractivity contribution in [3.63, 3.8) is 0 Å². The van der Waals surface area contributed by atoms with Crippen LogP contribution in [0.2, 0.25) is 0 Å². The Bertz CT molecular complexity index is 521. The molecule has 128 valence electrons. The van der Waals surface area contributed by atoms with Crippen molar-refractivity contribution < 1.29 is 4.79 Å². The first kappa shape index (κ1) is 20.1. The van der Waals surface area contributed by atoms with Crippen LogP contribution in [0.15, 0.2) is 29.3 Å². The van der Waals surface area contributed by atoms with Gasteiger partial charge in [-0.15, -0.1) is 24.0 Å². The predicted molar refractivity (Wildman–Crippen MR) is 110 cm³/mol. The zero-order valence-corrected chi connectivity index (χ0v) is 16.8. The monoisotopic (exact) mass is 448 g/mol. The molecular formula is C16H25IN4OS. The molecule has 0 saturated carbocycles. The molecular weight excluding hydrogens is 423 g/mol. The van der Waals surface area contributed by atoms with E-state index in [-0.39, 0.29) is 29.9 Å². The van der Waals surface area contributed by atoms with Gasteiger partial charge in [0.2, 0.25) is 5.91 Å². The lowest BCUT2D eigenvalue weighted by Crippen LogP contribution is -2.37. The molecule has 1 aliphatic rings. The van der Waals surface area contributed by atoms with Crippen molar-refractivity contribution in [3.05, 3.63) is 29.8 Å². The van der Waals surface area contributed by atoms with Gasteiger partial charge in [0.05, 0.1) is 0 Å². The van der Waals surface area contributed by atoms with E-state index in [0.29, 0.717) is 13.0 Å². The molecule has 0 radical (unpaired) electrons. The number of thioether (sulfide) groups is 1. The van der Waals surface area contributed by atoms with Crippen LogP contribution < -0.4 is 15.5 Å². The van der Waals surface area contributed by atoms with Crippen LogP contribution in [0, 0.1) is 0 Å². The maximum absolute atomic E-state index is 11.7. The molecule has 0 unspecified atom stereocenters. The van der Waals surface area contributed by atoms with Crippen LogP contribution in [-0.2, 0) is 11.3 Å². The normalized spacial score (nSPS) is 14.6. The molecule has 1 aromatic carbocycles. The summed E-state index contributed by atoms with van der Waals surface area (Å²) in [5, 5.41) is 6.56. The molecule has 2 N–H and O–H groups in total. The van der Waals surface area contributed by atoms with E-state index < -0.39 is 0 Å². The molecule has 5 nitrogen and oxygen atoms in total. The van der Waals surface area contributed by atoms with Crippen molar-refractivity contribution in [2.45, 2.75) is 19.4 Å². The van der Waals surface area contributed by atoms with Crippen molar-refractivity contribution >= 4 is 53.3 Å². The van der Waals surface area contributed by atoms with Crippen molar-refractivity contribution in [2.24, 2.45) is 4.99 Å². The summed E-state index contributed by atoms with van der Waals surface area (Å²) in [5.41, 5.74) is 2.16. The summed E-state index contributed by atoms with van der Waals surface area (Å²) in [6.45, 7) is 2.45. The van der Waals surface area contributed by atoms with Gasteiger partial charge in [-0.1, -0.05) is 12.1 Å². The minimum atomic E-state index is 0. The molecule has 0 aliphatic carbocycles. The van der Waals surface area contributed by atoms with Crippen LogP contribution in [0.1, 0.15) is 18.4 Å². The largest absolute Gasteiger partial charge is 0.356 e. The van der Waals surface area contributed by atoms with Gasteiger partial charge in [-0.3, -0.25) is 9.79 Å². The average molecular weight is 448 g/mol. The Balaban J connectivity index is 0.00000264. The highest BCUT2D eigenvalue weighted by Gasteiger charge is 2.21. The van der Waals surface area contributed by atoms with E-state index in [0.717, 1.165) is 36.9 Å². The van der Waals surface area contributed by atoms with Crippen molar-refractivity contribution in [3.8, 4) is 0 Å². The van der Waals surface area contributed by atoms with E-state index in [1.165, 1.54) is 5.56 Å².